The van der Waals surface area contributed by atoms with Gasteiger partial charge in [-0.3, -0.25) is 4.79 Å². The number of carbonyl (C=O) groups is 1. The van der Waals surface area contributed by atoms with Crippen LogP contribution < -0.4 is 10.5 Å². The fourth-order valence-electron chi connectivity index (χ4n) is 1.43. The zero-order valence-corrected chi connectivity index (χ0v) is 8.70. The number of nitrogens with one attached hydrogen (secondary N) is 1. The van der Waals surface area contributed by atoms with E-state index in [0.29, 0.717) is 6.42 Å². The molecule has 80 valence electrons. The maximum atomic E-state index is 10.6. The van der Waals surface area contributed by atoms with E-state index < -0.39 is 12.0 Å². The molecule has 0 aromatic heterocycles. The average molecular weight is 225 g/mol. The van der Waals surface area contributed by atoms with E-state index in [9.17, 15) is 4.79 Å². The van der Waals surface area contributed by atoms with E-state index in [1.807, 2.05) is 18.2 Å². The molecule has 0 aromatic rings. The summed E-state index contributed by atoms with van der Waals surface area (Å²) in [6.45, 7) is 0. The molecule has 0 spiro atoms. The predicted molar refractivity (Wildman–Crippen MR) is 59.4 cm³/mol. The Morgan fingerprint density at radius 2 is 2.60 bits per heavy atom. The molecule has 0 aromatic carbocycles. The van der Waals surface area contributed by atoms with Gasteiger partial charge in [0.1, 0.15) is 6.04 Å². The molecule has 5 nitrogen and oxygen atoms in total. The minimum absolute atomic E-state index is 0.153. The maximum absolute atomic E-state index is 10.6. The molecule has 6 heteroatoms. The highest BCUT2D eigenvalue weighted by Gasteiger charge is 2.22. The van der Waals surface area contributed by atoms with Crippen LogP contribution in [0.15, 0.2) is 28.2 Å². The van der Waals surface area contributed by atoms with Gasteiger partial charge in [-0.1, -0.05) is 12.2 Å². The summed E-state index contributed by atoms with van der Waals surface area (Å²) in [4.78, 5) is 10.6. The Balaban J connectivity index is 2.05. The maximum Gasteiger partial charge on any atom is 0.320 e. The molecule has 0 amide bonds. The van der Waals surface area contributed by atoms with Crippen molar-refractivity contribution >= 4 is 23.8 Å². The fourth-order valence-corrected chi connectivity index (χ4v) is 2.07. The summed E-state index contributed by atoms with van der Waals surface area (Å²) < 4.78 is 7.26. The van der Waals surface area contributed by atoms with Crippen molar-refractivity contribution in [2.45, 2.75) is 18.5 Å². The number of fused-ring (bicyclic) bond motifs is 1. The molecule has 0 fully saturated rings. The Labute approximate surface area is 91.4 Å². The fraction of sp³-hybridized carbons (Fsp3) is 0.333. The number of carboxylic acid groups (broad SMARTS) is 1. The lowest BCUT2D eigenvalue weighted by molar-refractivity contribution is -0.138. The van der Waals surface area contributed by atoms with Gasteiger partial charge in [0.2, 0.25) is 0 Å². The van der Waals surface area contributed by atoms with Crippen molar-refractivity contribution in [1.82, 2.24) is 4.72 Å². The number of allylic oxidation sites excluding steroid dienone is 1. The molecule has 15 heavy (non-hydrogen) atoms. The van der Waals surface area contributed by atoms with Gasteiger partial charge in [-0.15, -0.1) is 0 Å². The third-order valence-corrected chi connectivity index (χ3v) is 2.92. The van der Waals surface area contributed by atoms with Crippen molar-refractivity contribution in [1.29, 1.82) is 0 Å². The lowest BCUT2D eigenvalue weighted by Gasteiger charge is -2.14. The first-order valence-corrected chi connectivity index (χ1v) is 5.31. The van der Waals surface area contributed by atoms with E-state index in [1.165, 1.54) is 12.1 Å². The van der Waals surface area contributed by atoms with Crippen LogP contribution in [0.5, 0.6) is 0 Å². The second-order valence-electron chi connectivity index (χ2n) is 3.43. The predicted octanol–water partition coefficient (Wildman–Crippen LogP) is 0.261. The number of hydrogen-bond acceptors (Lipinski definition) is 5. The van der Waals surface area contributed by atoms with Gasteiger partial charge in [0.25, 0.3) is 0 Å². The van der Waals surface area contributed by atoms with Gasteiger partial charge in [-0.05, 0) is 18.1 Å². The van der Waals surface area contributed by atoms with Crippen LogP contribution in [-0.2, 0) is 4.79 Å². The first-order valence-electron chi connectivity index (χ1n) is 4.53. The van der Waals surface area contributed by atoms with E-state index in [2.05, 4.69) is 9.12 Å². The summed E-state index contributed by atoms with van der Waals surface area (Å²) in [6.07, 6.45) is 6.08. The van der Waals surface area contributed by atoms with Crippen LogP contribution in [0.25, 0.3) is 0 Å². The minimum Gasteiger partial charge on any atom is -0.480 e. The Bertz CT molecular complexity index is 376. The third-order valence-electron chi connectivity index (χ3n) is 2.26. The normalized spacial score (nSPS) is 25.5. The molecule has 2 aliphatic rings. The molecule has 2 rings (SSSR count). The lowest BCUT2D eigenvalue weighted by Crippen LogP contribution is -2.31. The zero-order valence-electron chi connectivity index (χ0n) is 7.88. The van der Waals surface area contributed by atoms with Crippen molar-refractivity contribution < 1.29 is 9.90 Å². The molecule has 0 radical (unpaired) electrons. The SMILES string of the molecule is NC(CC1=CC2=NSNC2C=C1)C(=O)O. The molecule has 4 N–H and O–H groups in total. The van der Waals surface area contributed by atoms with Gasteiger partial charge in [-0.25, -0.2) is 9.12 Å². The monoisotopic (exact) mass is 225 g/mol. The summed E-state index contributed by atoms with van der Waals surface area (Å²) in [5, 5.41) is 8.68. The first kappa shape index (κ1) is 10.4. The lowest BCUT2D eigenvalue weighted by atomic mass is 9.97. The largest absolute Gasteiger partial charge is 0.480 e. The number of nitrogens with zero attached hydrogens (tertiary/aromatic N) is 1. The highest BCUT2D eigenvalue weighted by atomic mass is 32.2. The van der Waals surface area contributed by atoms with Crippen LogP contribution in [0.3, 0.4) is 0 Å². The topological polar surface area (TPSA) is 87.7 Å². The van der Waals surface area contributed by atoms with E-state index >= 15 is 0 Å². The summed E-state index contributed by atoms with van der Waals surface area (Å²) in [5.74, 6) is -0.979. The van der Waals surface area contributed by atoms with Crippen LogP contribution in [0.1, 0.15) is 6.42 Å². The summed E-state index contributed by atoms with van der Waals surface area (Å²) in [5.41, 5.74) is 7.28. The van der Waals surface area contributed by atoms with Crippen molar-refractivity contribution in [3.63, 3.8) is 0 Å². The van der Waals surface area contributed by atoms with Crippen molar-refractivity contribution in [2.24, 2.45) is 10.1 Å². The van der Waals surface area contributed by atoms with Crippen LogP contribution in [0.4, 0.5) is 0 Å². The second-order valence-corrected chi connectivity index (χ2v) is 4.03. The van der Waals surface area contributed by atoms with Crippen LogP contribution in [-0.4, -0.2) is 28.9 Å². The molecule has 2 unspecified atom stereocenters. The first-order chi connectivity index (χ1) is 7.16. The minimum atomic E-state index is -0.979. The smallest absolute Gasteiger partial charge is 0.320 e. The Hall–Kier alpha value is -1.11. The summed E-state index contributed by atoms with van der Waals surface area (Å²) >= 11 is 1.30. The molecule has 1 aliphatic carbocycles. The van der Waals surface area contributed by atoms with E-state index in [0.717, 1.165) is 11.3 Å². The van der Waals surface area contributed by atoms with Crippen molar-refractivity contribution in [3.05, 3.63) is 23.8 Å². The molecule has 0 saturated carbocycles. The molecular formula is C9H11N3O2S. The Kier molecular flexibility index (Phi) is 2.90. The Morgan fingerprint density at radius 1 is 1.80 bits per heavy atom. The van der Waals surface area contributed by atoms with Crippen LogP contribution >= 0.6 is 12.1 Å². The van der Waals surface area contributed by atoms with Gasteiger partial charge >= 0.3 is 5.97 Å². The number of aliphatic carboxylic acids is 1. The Morgan fingerprint density at radius 3 is 3.33 bits per heavy atom. The molecule has 1 aliphatic heterocycles. The number of nitrogens with two attached hydrogens (primary N) is 1. The van der Waals surface area contributed by atoms with Crippen LogP contribution in [0.2, 0.25) is 0 Å². The van der Waals surface area contributed by atoms with Gasteiger partial charge in [-0.2, -0.15) is 0 Å². The highest BCUT2D eigenvalue weighted by Crippen LogP contribution is 2.20. The van der Waals surface area contributed by atoms with E-state index in [4.69, 9.17) is 10.8 Å². The zero-order chi connectivity index (χ0) is 10.8. The quantitative estimate of drug-likeness (QED) is 0.600. The van der Waals surface area contributed by atoms with Gasteiger partial charge < -0.3 is 10.8 Å². The van der Waals surface area contributed by atoms with E-state index in [-0.39, 0.29) is 6.04 Å². The van der Waals surface area contributed by atoms with Crippen molar-refractivity contribution in [2.75, 3.05) is 0 Å². The summed E-state index contributed by atoms with van der Waals surface area (Å²) in [6, 6.07) is -0.695. The molecular weight excluding hydrogens is 214 g/mol. The molecule has 1 heterocycles. The van der Waals surface area contributed by atoms with Gasteiger partial charge in [0.15, 0.2) is 0 Å². The second kappa shape index (κ2) is 4.18. The molecule has 2 atom stereocenters. The average Bonchev–Trinajstić information content (AvgIpc) is 2.64. The van der Waals surface area contributed by atoms with Crippen LogP contribution in [0, 0.1) is 0 Å². The summed E-state index contributed by atoms with van der Waals surface area (Å²) in [7, 11) is 0. The number of rotatable bonds is 3. The van der Waals surface area contributed by atoms with Gasteiger partial charge in [0.05, 0.1) is 23.9 Å². The van der Waals surface area contributed by atoms with Crippen molar-refractivity contribution in [3.8, 4) is 0 Å². The number of carboxylic acids is 1. The number of hydrogen-bond donors (Lipinski definition) is 3. The molecule has 0 saturated heterocycles. The van der Waals surface area contributed by atoms with Gasteiger partial charge in [0, 0.05) is 0 Å². The standard InChI is InChI=1S/C9H11N3O2S/c10-6(9(13)14)3-5-1-2-7-8(4-5)12-15-11-7/h1-2,4,6-7,11H,3,10H2,(H,13,14). The van der Waals surface area contributed by atoms with E-state index in [1.54, 1.807) is 0 Å². The third kappa shape index (κ3) is 2.28. The molecule has 0 bridgehead atoms. The highest BCUT2D eigenvalue weighted by molar-refractivity contribution is 7.96.